The molecule has 2 heterocycles. The van der Waals surface area contributed by atoms with Crippen molar-refractivity contribution in [3.05, 3.63) is 23.3 Å². The summed E-state index contributed by atoms with van der Waals surface area (Å²) >= 11 is 1.34. The third-order valence-corrected chi connectivity index (χ3v) is 3.56. The molecule has 0 aromatic heterocycles. The molecule has 0 saturated carbocycles. The fraction of sp³-hybridized carbons (Fsp3) is 0.250. The van der Waals surface area contributed by atoms with Crippen LogP contribution >= 0.6 is 11.8 Å². The van der Waals surface area contributed by atoms with Crippen molar-refractivity contribution in [1.82, 2.24) is 5.32 Å². The smallest absolute Gasteiger partial charge is 0.236 e. The lowest BCUT2D eigenvalue weighted by Crippen LogP contribution is -2.19. The maximum absolute atomic E-state index is 11.0. The van der Waals surface area contributed by atoms with Gasteiger partial charge in [-0.25, -0.2) is 0 Å². The predicted molar refractivity (Wildman–Crippen MR) is 72.9 cm³/mol. The number of carbonyl (C=O) groups is 1. The lowest BCUT2D eigenvalue weighted by molar-refractivity contribution is -0.116. The van der Waals surface area contributed by atoms with Crippen LogP contribution in [0.2, 0.25) is 0 Å². The number of aryl methyl sites for hydroxylation is 1. The Kier molecular flexibility index (Phi) is 3.12. The highest BCUT2D eigenvalue weighted by atomic mass is 32.2. The van der Waals surface area contributed by atoms with Crippen molar-refractivity contribution in [1.29, 1.82) is 0 Å². The molecule has 0 atom stereocenters. The molecule has 19 heavy (non-hydrogen) atoms. The second-order valence-electron chi connectivity index (χ2n) is 4.05. The third-order valence-electron chi connectivity index (χ3n) is 2.69. The van der Waals surface area contributed by atoms with E-state index in [0.717, 1.165) is 16.9 Å². The molecule has 1 aromatic carbocycles. The summed E-state index contributed by atoms with van der Waals surface area (Å²) in [6.45, 7) is 2.21. The van der Waals surface area contributed by atoms with Crippen molar-refractivity contribution < 1.29 is 14.3 Å². The fourth-order valence-corrected chi connectivity index (χ4v) is 2.35. The van der Waals surface area contributed by atoms with Crippen LogP contribution in [-0.4, -0.2) is 29.8 Å². The highest BCUT2D eigenvalue weighted by Crippen LogP contribution is 2.34. The van der Waals surface area contributed by atoms with Crippen LogP contribution in [0, 0.1) is 6.92 Å². The molecule has 2 aliphatic rings. The Morgan fingerprint density at radius 2 is 2.16 bits per heavy atom. The fourth-order valence-electron chi connectivity index (χ4n) is 1.72. The van der Waals surface area contributed by atoms with Gasteiger partial charge in [0.25, 0.3) is 0 Å². The zero-order valence-corrected chi connectivity index (χ0v) is 11.0. The van der Waals surface area contributed by atoms with Crippen LogP contribution in [-0.2, 0) is 4.79 Å². The molecular formula is C12H11N3O3S. The van der Waals surface area contributed by atoms with Gasteiger partial charge in [0, 0.05) is 5.56 Å². The molecule has 2 aliphatic heterocycles. The van der Waals surface area contributed by atoms with Gasteiger partial charge in [0.05, 0.1) is 12.0 Å². The zero-order chi connectivity index (χ0) is 13.2. The highest BCUT2D eigenvalue weighted by Gasteiger charge is 2.16. The van der Waals surface area contributed by atoms with Gasteiger partial charge >= 0.3 is 0 Å². The molecule has 1 N–H and O–H groups in total. The SMILES string of the molecule is Cc1cc2c(cc1C=NN=C1NC(=O)CS1)OCO2. The van der Waals surface area contributed by atoms with E-state index >= 15 is 0 Å². The number of nitrogens with zero attached hydrogens (tertiary/aromatic N) is 2. The van der Waals surface area contributed by atoms with E-state index in [2.05, 4.69) is 15.5 Å². The summed E-state index contributed by atoms with van der Waals surface area (Å²) in [6, 6.07) is 3.77. The molecule has 3 rings (SSSR count). The molecule has 0 spiro atoms. The van der Waals surface area contributed by atoms with Crippen molar-refractivity contribution in [2.75, 3.05) is 12.5 Å². The van der Waals surface area contributed by atoms with Gasteiger partial charge in [-0.15, -0.1) is 5.10 Å². The third kappa shape index (κ3) is 2.55. The maximum Gasteiger partial charge on any atom is 0.236 e. The number of amides is 1. The minimum absolute atomic E-state index is 0.0433. The average Bonchev–Trinajstić information content (AvgIpc) is 2.98. The van der Waals surface area contributed by atoms with E-state index in [0.29, 0.717) is 16.7 Å². The molecule has 1 amide bonds. The molecule has 6 nitrogen and oxygen atoms in total. The van der Waals surface area contributed by atoms with Crippen molar-refractivity contribution in [3.63, 3.8) is 0 Å². The van der Waals surface area contributed by atoms with Gasteiger partial charge in [0.15, 0.2) is 16.7 Å². The van der Waals surface area contributed by atoms with Crippen LogP contribution in [0.1, 0.15) is 11.1 Å². The van der Waals surface area contributed by atoms with Crippen LogP contribution in [0.4, 0.5) is 0 Å². The van der Waals surface area contributed by atoms with Gasteiger partial charge in [0.2, 0.25) is 12.7 Å². The summed E-state index contributed by atoms with van der Waals surface area (Å²) in [5, 5.41) is 11.1. The van der Waals surface area contributed by atoms with Crippen molar-refractivity contribution in [3.8, 4) is 11.5 Å². The van der Waals surface area contributed by atoms with E-state index in [1.165, 1.54) is 11.8 Å². The largest absolute Gasteiger partial charge is 0.454 e. The summed E-state index contributed by atoms with van der Waals surface area (Å²) in [7, 11) is 0. The van der Waals surface area contributed by atoms with Crippen LogP contribution < -0.4 is 14.8 Å². The lowest BCUT2D eigenvalue weighted by Gasteiger charge is -2.01. The summed E-state index contributed by atoms with van der Waals surface area (Å²) in [6.07, 6.45) is 1.63. The minimum Gasteiger partial charge on any atom is -0.454 e. The number of carbonyl (C=O) groups excluding carboxylic acids is 1. The van der Waals surface area contributed by atoms with E-state index in [9.17, 15) is 4.79 Å². The molecule has 7 heteroatoms. The first kappa shape index (κ1) is 12.0. The summed E-state index contributed by atoms with van der Waals surface area (Å²) in [4.78, 5) is 11.0. The first-order valence-electron chi connectivity index (χ1n) is 5.66. The second kappa shape index (κ2) is 4.93. The van der Waals surface area contributed by atoms with E-state index in [4.69, 9.17) is 9.47 Å². The van der Waals surface area contributed by atoms with E-state index < -0.39 is 0 Å². The van der Waals surface area contributed by atoms with Crippen molar-refractivity contribution >= 4 is 29.1 Å². The quantitative estimate of drug-likeness (QED) is 0.653. The van der Waals surface area contributed by atoms with E-state index in [1.807, 2.05) is 19.1 Å². The van der Waals surface area contributed by atoms with E-state index in [1.54, 1.807) is 6.21 Å². The standard InChI is InChI=1S/C12H11N3O3S/c1-7-2-9-10(18-6-17-9)3-8(7)4-13-15-12-14-11(16)5-19-12/h2-4H,5-6H2,1H3,(H,14,15,16). The number of nitrogens with one attached hydrogen (secondary N) is 1. The Balaban J connectivity index is 1.78. The number of thioether (sulfide) groups is 1. The van der Waals surface area contributed by atoms with Crippen LogP contribution in [0.15, 0.2) is 22.3 Å². The number of hydrogen-bond acceptors (Lipinski definition) is 6. The summed E-state index contributed by atoms with van der Waals surface area (Å²) < 4.78 is 10.6. The van der Waals surface area contributed by atoms with Crippen molar-refractivity contribution in [2.24, 2.45) is 10.2 Å². The van der Waals surface area contributed by atoms with Crippen LogP contribution in [0.5, 0.6) is 11.5 Å². The first-order valence-corrected chi connectivity index (χ1v) is 6.65. The molecule has 0 unspecified atom stereocenters. The highest BCUT2D eigenvalue weighted by molar-refractivity contribution is 8.15. The lowest BCUT2D eigenvalue weighted by atomic mass is 10.1. The van der Waals surface area contributed by atoms with Crippen LogP contribution in [0.25, 0.3) is 0 Å². The first-order chi connectivity index (χ1) is 9.22. The molecule has 0 bridgehead atoms. The van der Waals surface area contributed by atoms with Gasteiger partial charge < -0.3 is 14.8 Å². The molecule has 0 radical (unpaired) electrons. The zero-order valence-electron chi connectivity index (χ0n) is 10.2. The summed E-state index contributed by atoms with van der Waals surface area (Å²) in [5.41, 5.74) is 1.93. The minimum atomic E-state index is -0.0433. The maximum atomic E-state index is 11.0. The average molecular weight is 277 g/mol. The van der Waals surface area contributed by atoms with Gasteiger partial charge in [-0.3, -0.25) is 4.79 Å². The van der Waals surface area contributed by atoms with Crippen LogP contribution in [0.3, 0.4) is 0 Å². The molecule has 1 fully saturated rings. The molecule has 1 saturated heterocycles. The van der Waals surface area contributed by atoms with Gasteiger partial charge in [0.1, 0.15) is 0 Å². The Bertz CT molecular complexity index is 598. The summed E-state index contributed by atoms with van der Waals surface area (Å²) in [5.74, 6) is 1.82. The number of benzene rings is 1. The molecule has 98 valence electrons. The normalized spacial score (nSPS) is 19.4. The molecule has 1 aromatic rings. The second-order valence-corrected chi connectivity index (χ2v) is 5.01. The van der Waals surface area contributed by atoms with E-state index in [-0.39, 0.29) is 12.7 Å². The monoisotopic (exact) mass is 277 g/mol. The van der Waals surface area contributed by atoms with Gasteiger partial charge in [-0.05, 0) is 24.6 Å². The number of ether oxygens (including phenoxy) is 2. The van der Waals surface area contributed by atoms with Gasteiger partial charge in [-0.2, -0.15) is 5.10 Å². The Morgan fingerprint density at radius 1 is 1.37 bits per heavy atom. The molecular weight excluding hydrogens is 266 g/mol. The Hall–Kier alpha value is -2.02. The molecule has 0 aliphatic carbocycles. The Morgan fingerprint density at radius 3 is 2.89 bits per heavy atom. The van der Waals surface area contributed by atoms with Gasteiger partial charge in [-0.1, -0.05) is 11.8 Å². The predicted octanol–water partition coefficient (Wildman–Crippen LogP) is 1.28. The number of rotatable bonds is 2. The number of fused-ring (bicyclic) bond motifs is 1. The number of amidine groups is 1. The number of hydrogen-bond donors (Lipinski definition) is 1. The topological polar surface area (TPSA) is 72.3 Å². The Labute approximate surface area is 113 Å². The van der Waals surface area contributed by atoms with Crippen molar-refractivity contribution in [2.45, 2.75) is 6.92 Å².